The summed E-state index contributed by atoms with van der Waals surface area (Å²) in [7, 11) is 0. The van der Waals surface area contributed by atoms with E-state index in [1.54, 1.807) is 60.7 Å². The number of amides is 2. The van der Waals surface area contributed by atoms with Crippen molar-refractivity contribution in [3.63, 3.8) is 0 Å². The monoisotopic (exact) mass is 638 g/mol. The molecule has 0 heterocycles. The average molecular weight is 640 g/mol. The predicted molar refractivity (Wildman–Crippen MR) is 163 cm³/mol. The fourth-order valence-electron chi connectivity index (χ4n) is 3.47. The molecule has 0 radical (unpaired) electrons. The lowest BCUT2D eigenvalue weighted by atomic mass is 10.1. The predicted octanol–water partition coefficient (Wildman–Crippen LogP) is 8.14. The van der Waals surface area contributed by atoms with E-state index < -0.39 is 11.8 Å². The van der Waals surface area contributed by atoms with Gasteiger partial charge in [-0.2, -0.15) is 0 Å². The zero-order chi connectivity index (χ0) is 27.8. The normalized spacial score (nSPS) is 11.1. The number of Topliss-reactive ketones (excluding diaryl/α,β-unsaturated/α-hetero) is 1. The van der Waals surface area contributed by atoms with Crippen molar-refractivity contribution in [1.82, 2.24) is 5.32 Å². The number of carbonyl (C=O) groups is 3. The van der Waals surface area contributed by atoms with E-state index in [1.807, 2.05) is 36.4 Å². The van der Waals surface area contributed by atoms with Gasteiger partial charge in [0.1, 0.15) is 5.70 Å². The Balaban J connectivity index is 1.49. The van der Waals surface area contributed by atoms with Crippen molar-refractivity contribution in [1.29, 1.82) is 0 Å². The lowest BCUT2D eigenvalue weighted by Gasteiger charge is -2.12. The van der Waals surface area contributed by atoms with E-state index >= 15 is 0 Å². The Labute approximate surface area is 248 Å². The molecule has 0 aliphatic heterocycles. The van der Waals surface area contributed by atoms with Crippen molar-refractivity contribution in [2.75, 3.05) is 11.1 Å². The minimum Gasteiger partial charge on any atom is -0.321 e. The molecule has 0 saturated carbocycles. The van der Waals surface area contributed by atoms with Crippen LogP contribution in [0.15, 0.2) is 112 Å². The van der Waals surface area contributed by atoms with Gasteiger partial charge >= 0.3 is 0 Å². The van der Waals surface area contributed by atoms with Gasteiger partial charge in [-0.05, 0) is 72.3 Å². The number of anilines is 1. The topological polar surface area (TPSA) is 75.3 Å². The number of ketones is 1. The number of hydrogen-bond donors (Lipinski definition) is 2. The zero-order valence-electron chi connectivity index (χ0n) is 20.3. The van der Waals surface area contributed by atoms with Crippen LogP contribution in [0, 0.1) is 0 Å². The van der Waals surface area contributed by atoms with Gasteiger partial charge in [0.05, 0.1) is 10.8 Å². The summed E-state index contributed by atoms with van der Waals surface area (Å²) in [6.07, 6.45) is 1.61. The standard InChI is InChI=1S/C30H21BrCl2N2O3S/c31-21-11-9-19(10-12-21)15-27(35-29(37)20-5-2-1-3-6-20)30(38)34-23-7-4-8-24(17-23)39-18-28(36)25-14-13-22(32)16-26(25)33/h1-17H,18H2,(H,34,38)(H,35,37)/b27-15-. The van der Waals surface area contributed by atoms with Crippen molar-refractivity contribution >= 4 is 80.3 Å². The van der Waals surface area contributed by atoms with E-state index in [1.165, 1.54) is 17.8 Å². The van der Waals surface area contributed by atoms with Crippen molar-refractivity contribution in [2.24, 2.45) is 0 Å². The fraction of sp³-hybridized carbons (Fsp3) is 0.0333. The Morgan fingerprint density at radius 3 is 2.31 bits per heavy atom. The van der Waals surface area contributed by atoms with E-state index in [2.05, 4.69) is 26.6 Å². The van der Waals surface area contributed by atoms with Crippen LogP contribution < -0.4 is 10.6 Å². The lowest BCUT2D eigenvalue weighted by molar-refractivity contribution is -0.113. The number of thioether (sulfide) groups is 1. The van der Waals surface area contributed by atoms with Crippen LogP contribution >= 0.6 is 50.9 Å². The van der Waals surface area contributed by atoms with Crippen LogP contribution in [-0.2, 0) is 4.79 Å². The second kappa shape index (κ2) is 13.6. The minimum absolute atomic E-state index is 0.0804. The van der Waals surface area contributed by atoms with Gasteiger partial charge in [-0.15, -0.1) is 11.8 Å². The smallest absolute Gasteiger partial charge is 0.272 e. The molecule has 4 aromatic carbocycles. The van der Waals surface area contributed by atoms with Crippen molar-refractivity contribution in [3.8, 4) is 0 Å². The average Bonchev–Trinajstić information content (AvgIpc) is 2.93. The van der Waals surface area contributed by atoms with Crippen LogP contribution in [0.4, 0.5) is 5.69 Å². The van der Waals surface area contributed by atoms with Crippen LogP contribution in [0.5, 0.6) is 0 Å². The molecule has 0 spiro atoms. The van der Waals surface area contributed by atoms with Crippen molar-refractivity contribution < 1.29 is 14.4 Å². The maximum Gasteiger partial charge on any atom is 0.272 e. The molecule has 0 aliphatic carbocycles. The largest absolute Gasteiger partial charge is 0.321 e. The van der Waals surface area contributed by atoms with E-state index in [-0.39, 0.29) is 17.2 Å². The number of halogens is 3. The first-order valence-electron chi connectivity index (χ1n) is 11.6. The highest BCUT2D eigenvalue weighted by atomic mass is 79.9. The molecule has 2 amide bonds. The van der Waals surface area contributed by atoms with Crippen LogP contribution in [0.2, 0.25) is 10.0 Å². The Kier molecular flexibility index (Phi) is 10.0. The number of carbonyl (C=O) groups excluding carboxylic acids is 3. The molecule has 2 N–H and O–H groups in total. The van der Waals surface area contributed by atoms with Gasteiger partial charge in [0, 0.05) is 31.2 Å². The van der Waals surface area contributed by atoms with Crippen LogP contribution in [0.25, 0.3) is 6.08 Å². The Morgan fingerprint density at radius 1 is 0.846 bits per heavy atom. The van der Waals surface area contributed by atoms with Gasteiger partial charge in [-0.25, -0.2) is 0 Å². The SMILES string of the molecule is O=C(Nc1cccc(SCC(=O)c2ccc(Cl)cc2Cl)c1)/C(=C/c1ccc(Br)cc1)NC(=O)c1ccccc1. The maximum atomic E-state index is 13.3. The highest BCUT2D eigenvalue weighted by Gasteiger charge is 2.16. The second-order valence-electron chi connectivity index (χ2n) is 8.25. The molecule has 4 rings (SSSR count). The minimum atomic E-state index is -0.492. The first-order chi connectivity index (χ1) is 18.8. The summed E-state index contributed by atoms with van der Waals surface area (Å²) in [6, 6.07) is 27.9. The van der Waals surface area contributed by atoms with E-state index in [0.29, 0.717) is 26.9 Å². The van der Waals surface area contributed by atoms with Gasteiger partial charge in [-0.3, -0.25) is 14.4 Å². The highest BCUT2D eigenvalue weighted by Crippen LogP contribution is 2.26. The molecule has 0 saturated heterocycles. The molecule has 39 heavy (non-hydrogen) atoms. The number of benzene rings is 4. The van der Waals surface area contributed by atoms with Crippen LogP contribution in [0.1, 0.15) is 26.3 Å². The summed E-state index contributed by atoms with van der Waals surface area (Å²) in [4.78, 5) is 39.5. The fourth-order valence-corrected chi connectivity index (χ4v) is 5.09. The molecule has 0 aliphatic rings. The molecule has 0 atom stereocenters. The van der Waals surface area contributed by atoms with Crippen molar-refractivity contribution in [3.05, 3.63) is 134 Å². The van der Waals surface area contributed by atoms with Gasteiger partial charge < -0.3 is 10.6 Å². The van der Waals surface area contributed by atoms with Gasteiger partial charge in [0.25, 0.3) is 11.8 Å². The molecule has 0 fully saturated rings. The number of hydrogen-bond acceptors (Lipinski definition) is 4. The summed E-state index contributed by atoms with van der Waals surface area (Å²) in [6.45, 7) is 0. The molecular formula is C30H21BrCl2N2O3S. The number of rotatable bonds is 9. The third kappa shape index (κ3) is 8.31. The third-order valence-corrected chi connectivity index (χ3v) is 7.47. The summed E-state index contributed by atoms with van der Waals surface area (Å²) in [5, 5.41) is 6.33. The summed E-state index contributed by atoms with van der Waals surface area (Å²) < 4.78 is 0.894. The van der Waals surface area contributed by atoms with Gasteiger partial charge in [0.2, 0.25) is 0 Å². The molecule has 0 unspecified atom stereocenters. The summed E-state index contributed by atoms with van der Waals surface area (Å²) >= 11 is 16.8. The Hall–Kier alpha value is -3.36. The molecule has 196 valence electrons. The maximum absolute atomic E-state index is 13.3. The van der Waals surface area contributed by atoms with E-state index in [0.717, 1.165) is 14.9 Å². The van der Waals surface area contributed by atoms with Gasteiger partial charge in [0.15, 0.2) is 5.78 Å². The summed E-state index contributed by atoms with van der Waals surface area (Å²) in [5.74, 6) is -0.883. The molecule has 5 nitrogen and oxygen atoms in total. The third-order valence-electron chi connectivity index (χ3n) is 5.40. The molecule has 9 heteroatoms. The highest BCUT2D eigenvalue weighted by molar-refractivity contribution is 9.10. The van der Waals surface area contributed by atoms with Crippen molar-refractivity contribution in [2.45, 2.75) is 4.90 Å². The number of nitrogens with one attached hydrogen (secondary N) is 2. The van der Waals surface area contributed by atoms with Gasteiger partial charge in [-0.1, -0.05) is 75.5 Å². The first kappa shape index (κ1) is 28.6. The second-order valence-corrected chi connectivity index (χ2v) is 11.1. The molecular weight excluding hydrogens is 619 g/mol. The van der Waals surface area contributed by atoms with E-state index in [9.17, 15) is 14.4 Å². The molecule has 0 bridgehead atoms. The van der Waals surface area contributed by atoms with Crippen LogP contribution in [0.3, 0.4) is 0 Å². The zero-order valence-corrected chi connectivity index (χ0v) is 24.2. The lowest BCUT2D eigenvalue weighted by Crippen LogP contribution is -2.30. The van der Waals surface area contributed by atoms with E-state index in [4.69, 9.17) is 23.2 Å². The first-order valence-corrected chi connectivity index (χ1v) is 14.2. The quantitative estimate of drug-likeness (QED) is 0.110. The summed E-state index contributed by atoms with van der Waals surface area (Å²) in [5.41, 5.74) is 2.15. The molecule has 4 aromatic rings. The van der Waals surface area contributed by atoms with Crippen LogP contribution in [-0.4, -0.2) is 23.4 Å². The Morgan fingerprint density at radius 2 is 1.59 bits per heavy atom. The molecule has 0 aromatic heterocycles. The Bertz CT molecular complexity index is 1540.